The fraction of sp³-hybridized carbons (Fsp3) is 0.588. The molecule has 0 aromatic carbocycles. The molecule has 3 rings (SSSR count). The van der Waals surface area contributed by atoms with E-state index in [2.05, 4.69) is 15.2 Å². The highest BCUT2D eigenvalue weighted by molar-refractivity contribution is 5.89. The maximum absolute atomic E-state index is 12.4. The minimum atomic E-state index is -0.249. The molecular weight excluding hydrogens is 308 g/mol. The summed E-state index contributed by atoms with van der Waals surface area (Å²) in [6, 6.07) is 3.86. The van der Waals surface area contributed by atoms with Crippen LogP contribution in [0.1, 0.15) is 18.9 Å². The van der Waals surface area contributed by atoms with Crippen molar-refractivity contribution >= 4 is 17.6 Å². The number of hydrogen-bond acceptors (Lipinski definition) is 5. The molecule has 0 spiro atoms. The Morgan fingerprint density at radius 1 is 1.42 bits per heavy atom. The third-order valence-corrected chi connectivity index (χ3v) is 4.60. The summed E-state index contributed by atoms with van der Waals surface area (Å²) < 4.78 is 5.38. The van der Waals surface area contributed by atoms with Crippen LogP contribution in [0.15, 0.2) is 18.3 Å². The quantitative estimate of drug-likeness (QED) is 0.845. The smallest absolute Gasteiger partial charge is 0.225 e. The second kappa shape index (κ2) is 7.61. The van der Waals surface area contributed by atoms with Crippen LogP contribution < -0.4 is 10.2 Å². The zero-order chi connectivity index (χ0) is 16.9. The average molecular weight is 332 g/mol. The molecule has 24 heavy (non-hydrogen) atoms. The summed E-state index contributed by atoms with van der Waals surface area (Å²) in [7, 11) is 0. The third-order valence-electron chi connectivity index (χ3n) is 4.60. The molecule has 2 fully saturated rings. The van der Waals surface area contributed by atoms with Crippen LogP contribution in [0.2, 0.25) is 0 Å². The Labute approximate surface area is 142 Å². The molecule has 0 unspecified atom stereocenters. The number of aromatic nitrogens is 1. The summed E-state index contributed by atoms with van der Waals surface area (Å²) in [5.74, 6) is 0.656. The Morgan fingerprint density at radius 3 is 2.92 bits per heavy atom. The van der Waals surface area contributed by atoms with Gasteiger partial charge in [-0.15, -0.1) is 0 Å². The van der Waals surface area contributed by atoms with Crippen molar-refractivity contribution in [1.82, 2.24) is 15.2 Å². The van der Waals surface area contributed by atoms with Crippen LogP contribution >= 0.6 is 0 Å². The second-order valence-corrected chi connectivity index (χ2v) is 6.14. The molecule has 2 saturated heterocycles. The number of likely N-dealkylation sites (tertiary alicyclic amines) is 1. The van der Waals surface area contributed by atoms with E-state index in [-0.39, 0.29) is 17.7 Å². The van der Waals surface area contributed by atoms with Gasteiger partial charge in [0.15, 0.2) is 0 Å². The Kier molecular flexibility index (Phi) is 5.30. The van der Waals surface area contributed by atoms with Crippen molar-refractivity contribution in [3.05, 3.63) is 23.9 Å². The number of hydrogen-bond donors (Lipinski definition) is 1. The zero-order valence-corrected chi connectivity index (χ0v) is 14.0. The first kappa shape index (κ1) is 16.7. The number of rotatable bonds is 5. The molecule has 1 aromatic heterocycles. The van der Waals surface area contributed by atoms with Crippen molar-refractivity contribution in [3.63, 3.8) is 0 Å². The van der Waals surface area contributed by atoms with Crippen LogP contribution in [0.5, 0.6) is 0 Å². The van der Waals surface area contributed by atoms with Crippen molar-refractivity contribution in [2.75, 3.05) is 44.3 Å². The lowest BCUT2D eigenvalue weighted by atomic mass is 10.1. The lowest BCUT2D eigenvalue weighted by Crippen LogP contribution is -2.38. The van der Waals surface area contributed by atoms with Crippen LogP contribution in [-0.4, -0.2) is 61.1 Å². The van der Waals surface area contributed by atoms with Gasteiger partial charge in [0.1, 0.15) is 5.82 Å². The van der Waals surface area contributed by atoms with Gasteiger partial charge >= 0.3 is 0 Å². The highest BCUT2D eigenvalue weighted by Gasteiger charge is 2.33. The molecule has 0 saturated carbocycles. The minimum Gasteiger partial charge on any atom is -0.378 e. The second-order valence-electron chi connectivity index (χ2n) is 6.14. The molecule has 0 radical (unpaired) electrons. The number of carbonyl (C=O) groups is 2. The Morgan fingerprint density at radius 2 is 2.21 bits per heavy atom. The van der Waals surface area contributed by atoms with Gasteiger partial charge in [-0.05, 0) is 13.0 Å². The Balaban J connectivity index is 1.60. The minimum absolute atomic E-state index is 0.0592. The van der Waals surface area contributed by atoms with E-state index in [1.807, 2.05) is 19.1 Å². The predicted octanol–water partition coefficient (Wildman–Crippen LogP) is 0.403. The molecule has 1 N–H and O–H groups in total. The first-order valence-corrected chi connectivity index (χ1v) is 8.51. The van der Waals surface area contributed by atoms with Crippen LogP contribution in [0.25, 0.3) is 0 Å². The third kappa shape index (κ3) is 3.67. The van der Waals surface area contributed by atoms with Crippen molar-refractivity contribution in [3.8, 4) is 0 Å². The summed E-state index contributed by atoms with van der Waals surface area (Å²) in [6.45, 7) is 6.54. The normalized spacial score (nSPS) is 21.2. The van der Waals surface area contributed by atoms with E-state index >= 15 is 0 Å². The molecule has 1 atom stereocenters. The van der Waals surface area contributed by atoms with Crippen LogP contribution in [0.4, 0.5) is 5.82 Å². The number of carbonyl (C=O) groups excluding carboxylic acids is 2. The Bertz CT molecular complexity index is 601. The summed E-state index contributed by atoms with van der Waals surface area (Å²) in [5.41, 5.74) is 0.990. The van der Waals surface area contributed by atoms with Gasteiger partial charge in [-0.25, -0.2) is 4.98 Å². The van der Waals surface area contributed by atoms with Crippen molar-refractivity contribution in [2.45, 2.75) is 19.9 Å². The van der Waals surface area contributed by atoms with Crippen LogP contribution in [0.3, 0.4) is 0 Å². The van der Waals surface area contributed by atoms with Gasteiger partial charge in [-0.2, -0.15) is 0 Å². The lowest BCUT2D eigenvalue weighted by molar-refractivity contribution is -0.128. The van der Waals surface area contributed by atoms with E-state index in [1.165, 1.54) is 0 Å². The molecule has 7 nitrogen and oxygen atoms in total. The highest BCUT2D eigenvalue weighted by atomic mass is 16.5. The number of amides is 2. The van der Waals surface area contributed by atoms with Gasteiger partial charge in [0.25, 0.3) is 0 Å². The van der Waals surface area contributed by atoms with Crippen molar-refractivity contribution in [2.24, 2.45) is 5.92 Å². The molecule has 2 aliphatic heterocycles. The topological polar surface area (TPSA) is 74.8 Å². The van der Waals surface area contributed by atoms with Crippen molar-refractivity contribution < 1.29 is 14.3 Å². The number of morpholine rings is 1. The molecule has 0 aliphatic carbocycles. The van der Waals surface area contributed by atoms with E-state index in [1.54, 1.807) is 11.1 Å². The van der Waals surface area contributed by atoms with Gasteiger partial charge in [0.2, 0.25) is 11.8 Å². The van der Waals surface area contributed by atoms with E-state index in [0.29, 0.717) is 39.3 Å². The molecule has 7 heteroatoms. The largest absolute Gasteiger partial charge is 0.378 e. The predicted molar refractivity (Wildman–Crippen MR) is 89.5 cm³/mol. The van der Waals surface area contributed by atoms with E-state index in [4.69, 9.17) is 4.74 Å². The molecule has 2 aliphatic rings. The van der Waals surface area contributed by atoms with Gasteiger partial charge in [-0.1, -0.05) is 6.07 Å². The van der Waals surface area contributed by atoms with E-state index in [9.17, 15) is 9.59 Å². The fourth-order valence-corrected chi connectivity index (χ4v) is 3.21. The molecular formula is C17H24N4O3. The van der Waals surface area contributed by atoms with E-state index in [0.717, 1.165) is 24.5 Å². The SMILES string of the molecule is CCN1C[C@H](C(=O)NCc2cccnc2N2CCOCC2)CC1=O. The van der Waals surface area contributed by atoms with Gasteiger partial charge < -0.3 is 19.9 Å². The summed E-state index contributed by atoms with van der Waals surface area (Å²) >= 11 is 0. The monoisotopic (exact) mass is 332 g/mol. The van der Waals surface area contributed by atoms with Gasteiger partial charge in [-0.3, -0.25) is 9.59 Å². The lowest BCUT2D eigenvalue weighted by Gasteiger charge is -2.29. The molecule has 1 aromatic rings. The number of nitrogens with one attached hydrogen (secondary N) is 1. The van der Waals surface area contributed by atoms with Gasteiger partial charge in [0, 0.05) is 50.9 Å². The highest BCUT2D eigenvalue weighted by Crippen LogP contribution is 2.20. The van der Waals surface area contributed by atoms with Crippen LogP contribution in [0, 0.1) is 5.92 Å². The molecule has 0 bridgehead atoms. The van der Waals surface area contributed by atoms with Crippen LogP contribution in [-0.2, 0) is 20.9 Å². The van der Waals surface area contributed by atoms with Gasteiger partial charge in [0.05, 0.1) is 19.1 Å². The first-order chi connectivity index (χ1) is 11.7. The standard InChI is InChI=1S/C17H24N4O3/c1-2-20-12-14(10-15(20)22)17(23)19-11-13-4-3-5-18-16(13)21-6-8-24-9-7-21/h3-5,14H,2,6-12H2,1H3,(H,19,23)/t14-/m1/s1. The zero-order valence-electron chi connectivity index (χ0n) is 14.0. The Hall–Kier alpha value is -2.15. The molecule has 130 valence electrons. The summed E-state index contributed by atoms with van der Waals surface area (Å²) in [6.07, 6.45) is 2.08. The maximum atomic E-state index is 12.4. The fourth-order valence-electron chi connectivity index (χ4n) is 3.21. The first-order valence-electron chi connectivity index (χ1n) is 8.51. The van der Waals surface area contributed by atoms with Crippen molar-refractivity contribution in [1.29, 1.82) is 0 Å². The number of anilines is 1. The summed E-state index contributed by atoms with van der Waals surface area (Å²) in [4.78, 5) is 32.5. The summed E-state index contributed by atoms with van der Waals surface area (Å²) in [5, 5.41) is 2.97. The molecule has 3 heterocycles. The average Bonchev–Trinajstić information content (AvgIpc) is 3.01. The number of pyridine rings is 1. The number of ether oxygens (including phenoxy) is 1. The van der Waals surface area contributed by atoms with E-state index < -0.39 is 0 Å². The molecule has 2 amide bonds. The number of nitrogens with zero attached hydrogens (tertiary/aromatic N) is 3. The maximum Gasteiger partial charge on any atom is 0.225 e.